The zero-order valence-electron chi connectivity index (χ0n) is 13.8. The van der Waals surface area contributed by atoms with Gasteiger partial charge in [-0.15, -0.1) is 0 Å². The molecule has 1 aliphatic rings. The molecule has 0 aromatic heterocycles. The minimum Gasteiger partial charge on any atom is -0.486 e. The van der Waals surface area contributed by atoms with Crippen molar-refractivity contribution in [2.75, 3.05) is 16.8 Å². The second-order valence-corrected chi connectivity index (χ2v) is 5.90. The lowest BCUT2D eigenvalue weighted by Gasteiger charge is -2.34. The van der Waals surface area contributed by atoms with E-state index in [2.05, 4.69) is 12.2 Å². The van der Waals surface area contributed by atoms with Gasteiger partial charge in [-0.2, -0.15) is 0 Å². The van der Waals surface area contributed by atoms with Crippen molar-refractivity contribution in [3.63, 3.8) is 0 Å². The van der Waals surface area contributed by atoms with Gasteiger partial charge in [0.15, 0.2) is 0 Å². The van der Waals surface area contributed by atoms with Crippen molar-refractivity contribution in [1.82, 2.24) is 0 Å². The van der Waals surface area contributed by atoms with Crippen LogP contribution in [0.3, 0.4) is 0 Å². The number of rotatable bonds is 2. The maximum Gasteiger partial charge on any atom is 0.326 e. The van der Waals surface area contributed by atoms with E-state index >= 15 is 0 Å². The van der Waals surface area contributed by atoms with Crippen LogP contribution >= 0.6 is 0 Å². The Kier molecular flexibility index (Phi) is 4.24. The molecule has 0 saturated carbocycles. The molecule has 0 fully saturated rings. The van der Waals surface area contributed by atoms with E-state index in [0.717, 1.165) is 34.7 Å². The fourth-order valence-corrected chi connectivity index (χ4v) is 2.77. The maximum absolute atomic E-state index is 12.8. The van der Waals surface area contributed by atoms with Crippen molar-refractivity contribution < 1.29 is 9.53 Å². The minimum absolute atomic E-state index is 0.0225. The molecule has 4 nitrogen and oxygen atoms in total. The van der Waals surface area contributed by atoms with Crippen LogP contribution in [0, 0.1) is 13.8 Å². The van der Waals surface area contributed by atoms with Crippen molar-refractivity contribution >= 4 is 17.4 Å². The monoisotopic (exact) mass is 310 g/mol. The topological polar surface area (TPSA) is 41.6 Å². The summed E-state index contributed by atoms with van der Waals surface area (Å²) in [6.45, 7) is 6.69. The second kappa shape index (κ2) is 6.32. The third-order valence-electron chi connectivity index (χ3n) is 4.38. The molecule has 23 heavy (non-hydrogen) atoms. The number of ether oxygens (including phenoxy) is 1. The Bertz CT molecular complexity index is 727. The number of urea groups is 1. The van der Waals surface area contributed by atoms with E-state index in [1.54, 1.807) is 4.90 Å². The molecule has 4 heteroatoms. The predicted octanol–water partition coefficient (Wildman–Crippen LogP) is 4.51. The Labute approximate surface area is 137 Å². The van der Waals surface area contributed by atoms with Crippen LogP contribution in [0.1, 0.15) is 24.5 Å². The fraction of sp³-hybridized carbons (Fsp3) is 0.316. The first-order valence-electron chi connectivity index (χ1n) is 8.00. The standard InChI is InChI=1S/C19H22N2O2/c1-4-15-12-21(17-10-5-6-11-18(17)23-15)19(22)20-16-9-7-8-13(2)14(16)3/h5-11,15H,4,12H2,1-3H3,(H,20,22)/t15-/m0/s1. The second-order valence-electron chi connectivity index (χ2n) is 5.90. The molecule has 0 saturated heterocycles. The number of aryl methyl sites for hydroxylation is 1. The molecule has 0 unspecified atom stereocenters. The first-order valence-corrected chi connectivity index (χ1v) is 8.00. The summed E-state index contributed by atoms with van der Waals surface area (Å²) in [5.41, 5.74) is 3.93. The molecular weight excluding hydrogens is 288 g/mol. The van der Waals surface area contributed by atoms with Crippen LogP contribution in [0.2, 0.25) is 0 Å². The van der Waals surface area contributed by atoms with Gasteiger partial charge < -0.3 is 10.1 Å². The largest absolute Gasteiger partial charge is 0.486 e. The Hall–Kier alpha value is -2.49. The SMILES string of the molecule is CC[C@H]1CN(C(=O)Nc2cccc(C)c2C)c2ccccc2O1. The van der Waals surface area contributed by atoms with Gasteiger partial charge in [-0.25, -0.2) is 4.79 Å². The van der Waals surface area contributed by atoms with Gasteiger partial charge in [-0.05, 0) is 49.6 Å². The number of nitrogens with one attached hydrogen (secondary N) is 1. The van der Waals surface area contributed by atoms with Gasteiger partial charge in [-0.3, -0.25) is 4.90 Å². The summed E-state index contributed by atoms with van der Waals surface area (Å²) in [6.07, 6.45) is 0.885. The Balaban J connectivity index is 1.88. The maximum atomic E-state index is 12.8. The molecule has 2 aromatic rings. The summed E-state index contributed by atoms with van der Waals surface area (Å²) in [6, 6.07) is 13.5. The lowest BCUT2D eigenvalue weighted by atomic mass is 10.1. The van der Waals surface area contributed by atoms with Crippen LogP contribution < -0.4 is 15.0 Å². The van der Waals surface area contributed by atoms with Crippen LogP contribution in [0.5, 0.6) is 5.75 Å². The predicted molar refractivity (Wildman–Crippen MR) is 93.4 cm³/mol. The fourth-order valence-electron chi connectivity index (χ4n) is 2.77. The Morgan fingerprint density at radius 3 is 2.78 bits per heavy atom. The van der Waals surface area contributed by atoms with E-state index in [0.29, 0.717) is 6.54 Å². The number of amides is 2. The zero-order valence-corrected chi connectivity index (χ0v) is 13.8. The van der Waals surface area contributed by atoms with E-state index in [4.69, 9.17) is 4.74 Å². The minimum atomic E-state index is -0.118. The molecule has 0 radical (unpaired) electrons. The van der Waals surface area contributed by atoms with Crippen LogP contribution in [0.25, 0.3) is 0 Å². The number of para-hydroxylation sites is 2. The van der Waals surface area contributed by atoms with E-state index in [9.17, 15) is 4.79 Å². The van der Waals surface area contributed by atoms with E-state index in [1.807, 2.05) is 56.3 Å². The van der Waals surface area contributed by atoms with Crippen molar-refractivity contribution in [3.8, 4) is 5.75 Å². The highest BCUT2D eigenvalue weighted by molar-refractivity contribution is 6.03. The van der Waals surface area contributed by atoms with Crippen LogP contribution in [-0.4, -0.2) is 18.7 Å². The summed E-state index contributed by atoms with van der Waals surface area (Å²) >= 11 is 0. The van der Waals surface area contributed by atoms with Crippen LogP contribution in [-0.2, 0) is 0 Å². The zero-order chi connectivity index (χ0) is 16.4. The first-order chi connectivity index (χ1) is 11.1. The molecule has 0 bridgehead atoms. The number of carbonyl (C=O) groups is 1. The summed E-state index contributed by atoms with van der Waals surface area (Å²) in [4.78, 5) is 14.6. The van der Waals surface area contributed by atoms with Crippen molar-refractivity contribution in [2.45, 2.75) is 33.3 Å². The van der Waals surface area contributed by atoms with Crippen molar-refractivity contribution in [2.24, 2.45) is 0 Å². The van der Waals surface area contributed by atoms with Gasteiger partial charge in [0.2, 0.25) is 0 Å². The van der Waals surface area contributed by atoms with E-state index in [1.165, 1.54) is 0 Å². The molecule has 3 rings (SSSR count). The summed E-state index contributed by atoms with van der Waals surface area (Å²) in [5.74, 6) is 0.765. The smallest absolute Gasteiger partial charge is 0.326 e. The number of hydrogen-bond acceptors (Lipinski definition) is 2. The Morgan fingerprint density at radius 2 is 2.00 bits per heavy atom. The molecule has 0 spiro atoms. The number of benzene rings is 2. The summed E-state index contributed by atoms with van der Waals surface area (Å²) < 4.78 is 5.93. The van der Waals surface area contributed by atoms with Gasteiger partial charge in [0.05, 0.1) is 12.2 Å². The average molecular weight is 310 g/mol. The highest BCUT2D eigenvalue weighted by Gasteiger charge is 2.28. The lowest BCUT2D eigenvalue weighted by molar-refractivity contribution is 0.188. The van der Waals surface area contributed by atoms with Gasteiger partial charge in [0, 0.05) is 5.69 Å². The summed E-state index contributed by atoms with van der Waals surface area (Å²) in [7, 11) is 0. The number of anilines is 2. The van der Waals surface area contributed by atoms with Gasteiger partial charge >= 0.3 is 6.03 Å². The van der Waals surface area contributed by atoms with Gasteiger partial charge in [0.25, 0.3) is 0 Å². The van der Waals surface area contributed by atoms with Crippen LogP contribution in [0.4, 0.5) is 16.2 Å². The van der Waals surface area contributed by atoms with Crippen molar-refractivity contribution in [3.05, 3.63) is 53.6 Å². The normalized spacial score (nSPS) is 16.5. The lowest BCUT2D eigenvalue weighted by Crippen LogP contribution is -2.45. The van der Waals surface area contributed by atoms with E-state index in [-0.39, 0.29) is 12.1 Å². The number of hydrogen-bond donors (Lipinski definition) is 1. The third kappa shape index (κ3) is 3.02. The summed E-state index contributed by atoms with van der Waals surface area (Å²) in [5, 5.41) is 3.04. The first kappa shape index (κ1) is 15.4. The molecule has 1 heterocycles. The van der Waals surface area contributed by atoms with Crippen molar-refractivity contribution in [1.29, 1.82) is 0 Å². The number of carbonyl (C=O) groups excluding carboxylic acids is 1. The van der Waals surface area contributed by atoms with Crippen LogP contribution in [0.15, 0.2) is 42.5 Å². The van der Waals surface area contributed by atoms with Gasteiger partial charge in [0.1, 0.15) is 11.9 Å². The quantitative estimate of drug-likeness (QED) is 0.886. The highest BCUT2D eigenvalue weighted by atomic mass is 16.5. The number of nitrogens with zero attached hydrogens (tertiary/aromatic N) is 1. The van der Waals surface area contributed by atoms with E-state index < -0.39 is 0 Å². The molecule has 1 N–H and O–H groups in total. The molecule has 1 atom stereocenters. The third-order valence-corrected chi connectivity index (χ3v) is 4.38. The Morgan fingerprint density at radius 1 is 1.22 bits per heavy atom. The highest BCUT2D eigenvalue weighted by Crippen LogP contribution is 2.34. The molecule has 2 aromatic carbocycles. The molecule has 1 aliphatic heterocycles. The average Bonchev–Trinajstić information content (AvgIpc) is 2.57. The molecule has 2 amide bonds. The molecule has 0 aliphatic carbocycles. The molecule has 120 valence electrons. The molecular formula is C19H22N2O2. The van der Waals surface area contributed by atoms with Gasteiger partial charge in [-0.1, -0.05) is 31.2 Å². The number of fused-ring (bicyclic) bond motifs is 1.